The average molecular weight is 677 g/mol. The molecule has 0 aromatic heterocycles. The van der Waals surface area contributed by atoms with E-state index in [1.165, 1.54) is 60.7 Å². The van der Waals surface area contributed by atoms with E-state index in [4.69, 9.17) is 9.47 Å². The molecule has 6 rings (SSSR count). The van der Waals surface area contributed by atoms with Gasteiger partial charge in [0, 0.05) is 27.7 Å². The maximum atomic E-state index is 13.5. The third kappa shape index (κ3) is 6.04. The summed E-state index contributed by atoms with van der Waals surface area (Å²) in [4.78, 5) is 65.2. The number of carbonyl (C=O) groups excluding carboxylic acids is 4. The lowest BCUT2D eigenvalue weighted by molar-refractivity contribution is -0.384. The summed E-state index contributed by atoms with van der Waals surface area (Å²) in [6.45, 7) is 0. The molecule has 11 heteroatoms. The van der Waals surface area contributed by atoms with Crippen LogP contribution >= 0.6 is 15.9 Å². The number of hydrogen-bond acceptors (Lipinski definition) is 8. The molecule has 10 nitrogen and oxygen atoms in total. The quantitative estimate of drug-likeness (QED) is 0.0509. The zero-order valence-electron chi connectivity index (χ0n) is 23.7. The molecule has 0 unspecified atom stereocenters. The van der Waals surface area contributed by atoms with Crippen LogP contribution in [-0.2, 0) is 4.74 Å². The Kier molecular flexibility index (Phi) is 8.23. The number of Topliss-reactive ketones (excluding diaryl/α,β-unsaturated/α-hetero) is 1. The fourth-order valence-corrected chi connectivity index (χ4v) is 5.17. The number of hydrogen-bond donors (Lipinski definition) is 0. The zero-order chi connectivity index (χ0) is 32.4. The Labute approximate surface area is 270 Å². The van der Waals surface area contributed by atoms with Gasteiger partial charge in [-0.2, -0.15) is 0 Å². The number of nitro benzene ring substituents is 1. The minimum atomic E-state index is -1.43. The molecule has 1 aliphatic rings. The standard InChI is InChI=1S/C35H21BrN2O8/c36-24-11-15-27(16-12-24)45-28-17-18-29-30(20-28)34(41)37(33(29)40)26-8-4-7-23(19-26)35(42)46-32(31(39)21-5-2-1-3-6-21)22-9-13-25(14-10-22)38(43)44/h1-20,32H/t32-/m1/s1. The molecule has 2 amide bonds. The van der Waals surface area contributed by atoms with Gasteiger partial charge in [-0.3, -0.25) is 24.5 Å². The van der Waals surface area contributed by atoms with Crippen LogP contribution in [0, 0.1) is 10.1 Å². The molecule has 5 aromatic carbocycles. The van der Waals surface area contributed by atoms with Gasteiger partial charge in [-0.05, 0) is 72.8 Å². The molecule has 0 radical (unpaired) electrons. The summed E-state index contributed by atoms with van der Waals surface area (Å²) >= 11 is 3.37. The monoisotopic (exact) mass is 676 g/mol. The molecule has 1 heterocycles. The second-order valence-corrected chi connectivity index (χ2v) is 11.0. The van der Waals surface area contributed by atoms with Gasteiger partial charge in [-0.25, -0.2) is 9.69 Å². The molecule has 226 valence electrons. The van der Waals surface area contributed by atoms with Gasteiger partial charge in [0.1, 0.15) is 11.5 Å². The fraction of sp³-hybridized carbons (Fsp3) is 0.0286. The average Bonchev–Trinajstić information content (AvgIpc) is 3.33. The minimum Gasteiger partial charge on any atom is -0.457 e. The fourth-order valence-electron chi connectivity index (χ4n) is 4.90. The number of amides is 2. The molecule has 1 aliphatic heterocycles. The number of nitrogens with zero attached hydrogens (tertiary/aromatic N) is 2. The number of carbonyl (C=O) groups is 4. The molecular formula is C35H21BrN2O8. The van der Waals surface area contributed by atoms with E-state index in [-0.39, 0.29) is 39.2 Å². The summed E-state index contributed by atoms with van der Waals surface area (Å²) in [5.74, 6) is -1.72. The number of non-ortho nitro benzene ring substituents is 1. The smallest absolute Gasteiger partial charge is 0.339 e. The summed E-state index contributed by atoms with van der Waals surface area (Å²) < 4.78 is 12.4. The molecule has 46 heavy (non-hydrogen) atoms. The number of ketones is 1. The second kappa shape index (κ2) is 12.6. The highest BCUT2D eigenvalue weighted by molar-refractivity contribution is 9.10. The van der Waals surface area contributed by atoms with Crippen molar-refractivity contribution in [2.45, 2.75) is 6.10 Å². The molecule has 0 saturated heterocycles. The first-order valence-corrected chi connectivity index (χ1v) is 14.6. The van der Waals surface area contributed by atoms with Gasteiger partial charge in [0.2, 0.25) is 5.78 Å². The molecular weight excluding hydrogens is 656 g/mol. The zero-order valence-corrected chi connectivity index (χ0v) is 25.2. The van der Waals surface area contributed by atoms with Crippen LogP contribution in [0.5, 0.6) is 11.5 Å². The van der Waals surface area contributed by atoms with Crippen molar-refractivity contribution >= 4 is 50.9 Å². The molecule has 0 bridgehead atoms. The van der Waals surface area contributed by atoms with Crippen molar-refractivity contribution in [3.8, 4) is 11.5 Å². The Morgan fingerprint density at radius 2 is 1.37 bits per heavy atom. The van der Waals surface area contributed by atoms with E-state index in [9.17, 15) is 29.3 Å². The summed E-state index contributed by atoms with van der Waals surface area (Å²) in [5, 5.41) is 11.2. The first-order chi connectivity index (χ1) is 22.2. The van der Waals surface area contributed by atoms with Crippen molar-refractivity contribution < 1.29 is 33.6 Å². The van der Waals surface area contributed by atoms with Gasteiger partial charge in [-0.1, -0.05) is 52.3 Å². The largest absolute Gasteiger partial charge is 0.457 e. The van der Waals surface area contributed by atoms with Gasteiger partial charge < -0.3 is 9.47 Å². The van der Waals surface area contributed by atoms with E-state index in [0.29, 0.717) is 11.5 Å². The van der Waals surface area contributed by atoms with Crippen LogP contribution in [0.15, 0.2) is 126 Å². The predicted octanol–water partition coefficient (Wildman–Crippen LogP) is 7.73. The molecule has 0 fully saturated rings. The van der Waals surface area contributed by atoms with Crippen molar-refractivity contribution in [1.29, 1.82) is 0 Å². The highest BCUT2D eigenvalue weighted by Gasteiger charge is 2.37. The number of nitro groups is 1. The van der Waals surface area contributed by atoms with E-state index < -0.39 is 34.6 Å². The molecule has 1 atom stereocenters. The Hall–Kier alpha value is -5.94. The lowest BCUT2D eigenvalue weighted by Gasteiger charge is -2.19. The third-order valence-corrected chi connectivity index (χ3v) is 7.70. The molecule has 5 aromatic rings. The third-order valence-electron chi connectivity index (χ3n) is 7.18. The van der Waals surface area contributed by atoms with Gasteiger partial charge in [-0.15, -0.1) is 0 Å². The summed E-state index contributed by atoms with van der Waals surface area (Å²) in [5.41, 5.74) is 0.708. The van der Waals surface area contributed by atoms with Crippen LogP contribution in [0.25, 0.3) is 0 Å². The molecule has 0 saturated carbocycles. The van der Waals surface area contributed by atoms with Crippen LogP contribution in [0.2, 0.25) is 0 Å². The number of halogens is 1. The minimum absolute atomic E-state index is 0.0268. The number of ether oxygens (including phenoxy) is 2. The summed E-state index contributed by atoms with van der Waals surface area (Å²) in [7, 11) is 0. The van der Waals surface area contributed by atoms with Crippen molar-refractivity contribution in [3.05, 3.63) is 164 Å². The highest BCUT2D eigenvalue weighted by Crippen LogP contribution is 2.34. The lowest BCUT2D eigenvalue weighted by Crippen LogP contribution is -2.29. The van der Waals surface area contributed by atoms with Crippen LogP contribution in [-0.4, -0.2) is 28.5 Å². The maximum Gasteiger partial charge on any atom is 0.339 e. The Morgan fingerprint density at radius 1 is 0.717 bits per heavy atom. The second-order valence-electron chi connectivity index (χ2n) is 10.1. The van der Waals surface area contributed by atoms with Gasteiger partial charge in [0.15, 0.2) is 6.10 Å². The Bertz CT molecular complexity index is 2010. The van der Waals surface area contributed by atoms with Crippen LogP contribution in [0.3, 0.4) is 0 Å². The van der Waals surface area contributed by atoms with Crippen LogP contribution < -0.4 is 9.64 Å². The van der Waals surface area contributed by atoms with Crippen molar-refractivity contribution in [2.24, 2.45) is 0 Å². The summed E-state index contributed by atoms with van der Waals surface area (Å²) in [6.07, 6.45) is -1.43. The van der Waals surface area contributed by atoms with E-state index >= 15 is 0 Å². The predicted molar refractivity (Wildman–Crippen MR) is 170 cm³/mol. The number of esters is 1. The first-order valence-electron chi connectivity index (χ1n) is 13.8. The van der Waals surface area contributed by atoms with Crippen molar-refractivity contribution in [3.63, 3.8) is 0 Å². The van der Waals surface area contributed by atoms with Crippen molar-refractivity contribution in [1.82, 2.24) is 0 Å². The maximum absolute atomic E-state index is 13.5. The number of benzene rings is 5. The Balaban J connectivity index is 1.25. The molecule has 0 N–H and O–H groups in total. The lowest BCUT2D eigenvalue weighted by atomic mass is 9.99. The topological polar surface area (TPSA) is 133 Å². The van der Waals surface area contributed by atoms with E-state index in [1.54, 1.807) is 48.5 Å². The number of imide groups is 1. The SMILES string of the molecule is O=C(O[C@@H](C(=O)c1ccccc1)c1ccc([N+](=O)[O-])cc1)c1cccc(N2C(=O)c3ccc(Oc4ccc(Br)cc4)cc3C2=O)c1. The number of anilines is 1. The van der Waals surface area contributed by atoms with Gasteiger partial charge in [0.25, 0.3) is 17.5 Å². The first kappa shape index (κ1) is 30.1. The van der Waals surface area contributed by atoms with Gasteiger partial charge in [0.05, 0.1) is 27.3 Å². The molecule has 0 aliphatic carbocycles. The highest BCUT2D eigenvalue weighted by atomic mass is 79.9. The van der Waals surface area contributed by atoms with E-state index in [0.717, 1.165) is 9.37 Å². The van der Waals surface area contributed by atoms with Crippen LogP contribution in [0.4, 0.5) is 11.4 Å². The van der Waals surface area contributed by atoms with E-state index in [1.807, 2.05) is 12.1 Å². The number of fused-ring (bicyclic) bond motifs is 1. The van der Waals surface area contributed by atoms with Gasteiger partial charge >= 0.3 is 5.97 Å². The Morgan fingerprint density at radius 3 is 2.07 bits per heavy atom. The molecule has 0 spiro atoms. The van der Waals surface area contributed by atoms with Crippen LogP contribution in [0.1, 0.15) is 53.1 Å². The summed E-state index contributed by atoms with van der Waals surface area (Å²) in [6, 6.07) is 30.7. The number of rotatable bonds is 9. The normalized spacial score (nSPS) is 12.8. The van der Waals surface area contributed by atoms with E-state index in [2.05, 4.69) is 15.9 Å². The van der Waals surface area contributed by atoms with Crippen molar-refractivity contribution in [2.75, 3.05) is 4.90 Å².